The minimum Gasteiger partial charge on any atom is -0.321 e. The molecule has 154 valence electrons. The summed E-state index contributed by atoms with van der Waals surface area (Å²) in [5.74, 6) is -0.753. The van der Waals surface area contributed by atoms with Crippen LogP contribution in [0.3, 0.4) is 0 Å². The van der Waals surface area contributed by atoms with Crippen molar-refractivity contribution in [1.29, 1.82) is 0 Å². The van der Waals surface area contributed by atoms with Gasteiger partial charge in [0, 0.05) is 28.9 Å². The molecule has 8 heteroatoms. The highest BCUT2D eigenvalue weighted by molar-refractivity contribution is 7.89. The SMILES string of the molecule is CCN(CC)S(=O)(=O)c1cc(NC(=O)c2sc3cccc(F)c3c2C)ccc1C. The molecule has 0 aliphatic carbocycles. The van der Waals surface area contributed by atoms with Crippen LogP contribution in [-0.4, -0.2) is 31.7 Å². The molecular weight excluding hydrogens is 411 g/mol. The van der Waals surface area contributed by atoms with E-state index in [2.05, 4.69) is 5.32 Å². The lowest BCUT2D eigenvalue weighted by molar-refractivity contribution is 0.103. The maximum Gasteiger partial charge on any atom is 0.266 e. The summed E-state index contributed by atoms with van der Waals surface area (Å²) < 4.78 is 42.0. The third-order valence-corrected chi connectivity index (χ3v) is 8.33. The van der Waals surface area contributed by atoms with Crippen LogP contribution in [0.1, 0.15) is 34.6 Å². The van der Waals surface area contributed by atoms with E-state index >= 15 is 0 Å². The number of aryl methyl sites for hydroxylation is 2. The van der Waals surface area contributed by atoms with Gasteiger partial charge in [0.1, 0.15) is 5.82 Å². The minimum atomic E-state index is -3.65. The number of anilines is 1. The molecule has 0 saturated heterocycles. The van der Waals surface area contributed by atoms with E-state index in [-0.39, 0.29) is 10.7 Å². The Kier molecular flexibility index (Phi) is 6.07. The average Bonchev–Trinajstić information content (AvgIpc) is 3.02. The predicted octanol–water partition coefficient (Wildman–Crippen LogP) is 4.94. The van der Waals surface area contributed by atoms with Crippen molar-refractivity contribution >= 4 is 43.0 Å². The van der Waals surface area contributed by atoms with Crippen molar-refractivity contribution in [2.75, 3.05) is 18.4 Å². The van der Waals surface area contributed by atoms with Gasteiger partial charge in [-0.15, -0.1) is 11.3 Å². The predicted molar refractivity (Wildman–Crippen MR) is 116 cm³/mol. The molecule has 3 aromatic rings. The standard InChI is InChI=1S/C21H23FN2O3S2/c1-5-24(6-2)29(26,27)18-12-15(11-10-13(18)3)23-21(25)20-14(4)19-16(22)8-7-9-17(19)28-20/h7-12H,5-6H2,1-4H3,(H,23,25). The van der Waals surface area contributed by atoms with Gasteiger partial charge in [-0.25, -0.2) is 12.8 Å². The molecule has 0 aliphatic heterocycles. The number of rotatable bonds is 6. The number of fused-ring (bicyclic) bond motifs is 1. The quantitative estimate of drug-likeness (QED) is 0.598. The van der Waals surface area contributed by atoms with Crippen LogP contribution in [0.15, 0.2) is 41.3 Å². The molecule has 2 aromatic carbocycles. The molecule has 1 amide bonds. The fraction of sp³-hybridized carbons (Fsp3) is 0.286. The molecular formula is C21H23FN2O3S2. The Morgan fingerprint density at radius 3 is 2.45 bits per heavy atom. The van der Waals surface area contributed by atoms with E-state index in [0.717, 1.165) is 0 Å². The molecule has 0 bridgehead atoms. The van der Waals surface area contributed by atoms with E-state index in [1.165, 1.54) is 27.8 Å². The fourth-order valence-electron chi connectivity index (χ4n) is 3.32. The monoisotopic (exact) mass is 434 g/mol. The lowest BCUT2D eigenvalue weighted by Gasteiger charge is -2.20. The third kappa shape index (κ3) is 3.92. The highest BCUT2D eigenvalue weighted by atomic mass is 32.2. The zero-order valence-electron chi connectivity index (χ0n) is 16.7. The first-order chi connectivity index (χ1) is 13.7. The molecule has 0 unspecified atom stereocenters. The number of amides is 1. The number of hydrogen-bond donors (Lipinski definition) is 1. The van der Waals surface area contributed by atoms with Crippen LogP contribution in [0.5, 0.6) is 0 Å². The van der Waals surface area contributed by atoms with E-state index < -0.39 is 15.9 Å². The van der Waals surface area contributed by atoms with Gasteiger partial charge in [0.15, 0.2) is 0 Å². The number of carbonyl (C=O) groups is 1. The Labute approximate surface area is 174 Å². The van der Waals surface area contributed by atoms with Crippen LogP contribution in [0.25, 0.3) is 10.1 Å². The molecule has 1 N–H and O–H groups in total. The third-order valence-electron chi connectivity index (χ3n) is 4.88. The van der Waals surface area contributed by atoms with E-state index in [0.29, 0.717) is 44.9 Å². The van der Waals surface area contributed by atoms with Gasteiger partial charge in [-0.1, -0.05) is 26.0 Å². The summed E-state index contributed by atoms with van der Waals surface area (Å²) in [4.78, 5) is 13.4. The topological polar surface area (TPSA) is 66.5 Å². The summed E-state index contributed by atoms with van der Waals surface area (Å²) in [6.07, 6.45) is 0. The van der Waals surface area contributed by atoms with Crippen molar-refractivity contribution in [1.82, 2.24) is 4.31 Å². The number of benzene rings is 2. The molecule has 0 atom stereocenters. The smallest absolute Gasteiger partial charge is 0.266 e. The molecule has 5 nitrogen and oxygen atoms in total. The van der Waals surface area contributed by atoms with Crippen LogP contribution in [0, 0.1) is 19.7 Å². The van der Waals surface area contributed by atoms with Gasteiger partial charge in [-0.05, 0) is 49.2 Å². The van der Waals surface area contributed by atoms with Gasteiger partial charge in [0.05, 0.1) is 9.77 Å². The molecule has 0 saturated carbocycles. The Balaban J connectivity index is 1.97. The van der Waals surface area contributed by atoms with Gasteiger partial charge in [-0.2, -0.15) is 4.31 Å². The Morgan fingerprint density at radius 2 is 1.83 bits per heavy atom. The molecule has 1 aromatic heterocycles. The zero-order chi connectivity index (χ0) is 21.3. The van der Waals surface area contributed by atoms with Crippen molar-refractivity contribution in [3.63, 3.8) is 0 Å². The largest absolute Gasteiger partial charge is 0.321 e. The van der Waals surface area contributed by atoms with Crippen molar-refractivity contribution in [2.45, 2.75) is 32.6 Å². The first-order valence-corrected chi connectivity index (χ1v) is 11.6. The van der Waals surface area contributed by atoms with E-state index in [1.54, 1.807) is 52.0 Å². The second kappa shape index (κ2) is 8.22. The molecule has 1 heterocycles. The Morgan fingerprint density at radius 1 is 1.14 bits per heavy atom. The Hall–Kier alpha value is -2.29. The van der Waals surface area contributed by atoms with Gasteiger partial charge >= 0.3 is 0 Å². The Bertz CT molecular complexity index is 1180. The summed E-state index contributed by atoms with van der Waals surface area (Å²) in [5.41, 5.74) is 1.56. The lowest BCUT2D eigenvalue weighted by atomic mass is 10.1. The lowest BCUT2D eigenvalue weighted by Crippen LogP contribution is -2.31. The molecule has 0 radical (unpaired) electrons. The van der Waals surface area contributed by atoms with Crippen LogP contribution in [-0.2, 0) is 10.0 Å². The van der Waals surface area contributed by atoms with Crippen LogP contribution in [0.4, 0.5) is 10.1 Å². The summed E-state index contributed by atoms with van der Waals surface area (Å²) in [6.45, 7) is 7.72. The number of halogens is 1. The summed E-state index contributed by atoms with van der Waals surface area (Å²) in [6, 6.07) is 9.56. The maximum atomic E-state index is 14.1. The zero-order valence-corrected chi connectivity index (χ0v) is 18.4. The van der Waals surface area contributed by atoms with Crippen molar-refractivity contribution in [3.8, 4) is 0 Å². The number of sulfonamides is 1. The van der Waals surface area contributed by atoms with Gasteiger partial charge in [-0.3, -0.25) is 4.79 Å². The second-order valence-electron chi connectivity index (χ2n) is 6.69. The molecule has 3 rings (SSSR count). The average molecular weight is 435 g/mol. The molecule has 29 heavy (non-hydrogen) atoms. The van der Waals surface area contributed by atoms with Gasteiger partial charge < -0.3 is 5.32 Å². The molecule has 0 aliphatic rings. The van der Waals surface area contributed by atoms with Crippen molar-refractivity contribution in [3.05, 3.63) is 58.2 Å². The van der Waals surface area contributed by atoms with Crippen molar-refractivity contribution in [2.24, 2.45) is 0 Å². The van der Waals surface area contributed by atoms with Crippen LogP contribution >= 0.6 is 11.3 Å². The summed E-state index contributed by atoms with van der Waals surface area (Å²) in [5, 5.41) is 3.20. The number of carbonyl (C=O) groups excluding carboxylic acids is 1. The van der Waals surface area contributed by atoms with E-state index in [9.17, 15) is 17.6 Å². The maximum absolute atomic E-state index is 14.1. The number of nitrogens with zero attached hydrogens (tertiary/aromatic N) is 1. The van der Waals surface area contributed by atoms with E-state index in [4.69, 9.17) is 0 Å². The summed E-state index contributed by atoms with van der Waals surface area (Å²) >= 11 is 1.21. The second-order valence-corrected chi connectivity index (χ2v) is 9.65. The fourth-order valence-corrected chi connectivity index (χ4v) is 6.14. The number of nitrogens with one attached hydrogen (secondary N) is 1. The first kappa shape index (κ1) is 21.4. The van der Waals surface area contributed by atoms with Crippen LogP contribution in [0.2, 0.25) is 0 Å². The first-order valence-electron chi connectivity index (χ1n) is 9.30. The number of thiophene rings is 1. The van der Waals surface area contributed by atoms with Crippen LogP contribution < -0.4 is 5.32 Å². The van der Waals surface area contributed by atoms with E-state index in [1.807, 2.05) is 0 Å². The van der Waals surface area contributed by atoms with Gasteiger partial charge in [0.2, 0.25) is 10.0 Å². The molecule has 0 fully saturated rings. The normalized spacial score (nSPS) is 11.9. The molecule has 0 spiro atoms. The van der Waals surface area contributed by atoms with Gasteiger partial charge in [0.25, 0.3) is 5.91 Å². The van der Waals surface area contributed by atoms with Crippen molar-refractivity contribution < 1.29 is 17.6 Å². The number of hydrogen-bond acceptors (Lipinski definition) is 4. The summed E-state index contributed by atoms with van der Waals surface area (Å²) in [7, 11) is -3.65. The minimum absolute atomic E-state index is 0.165. The highest BCUT2D eigenvalue weighted by Gasteiger charge is 2.24. The highest BCUT2D eigenvalue weighted by Crippen LogP contribution is 2.33.